The van der Waals surface area contributed by atoms with Gasteiger partial charge in [-0.3, -0.25) is 4.98 Å². The topological polar surface area (TPSA) is 104 Å². The van der Waals surface area contributed by atoms with E-state index < -0.39 is 23.7 Å². The number of rotatable bonds is 4. The summed E-state index contributed by atoms with van der Waals surface area (Å²) >= 11 is 0. The number of anilines is 3. The van der Waals surface area contributed by atoms with Gasteiger partial charge in [-0.05, 0) is 30.7 Å². The van der Waals surface area contributed by atoms with E-state index in [1.165, 1.54) is 12.1 Å². The summed E-state index contributed by atoms with van der Waals surface area (Å²) in [5, 5.41) is 11.8. The molecule has 4 heterocycles. The lowest BCUT2D eigenvalue weighted by Crippen LogP contribution is -2.23. The standard InChI is InChI=1S/C20H14F6N8.H2S/c21-19(22,23)14-3-1-2-13(30-14)16-31-17(29-12-4-6-28-15(8-12)20(24,25)26)33-18(32-16)34-7-5-11(9-27)10-34;/h1-4,6,8,11H,5,7,10H2,(H,28,29,31,32,33);1H2/t11-;/m1./s1. The van der Waals surface area contributed by atoms with Gasteiger partial charge in [-0.15, -0.1) is 0 Å². The van der Waals surface area contributed by atoms with Crippen LogP contribution in [0.3, 0.4) is 0 Å². The van der Waals surface area contributed by atoms with Crippen molar-refractivity contribution in [2.75, 3.05) is 23.3 Å². The molecule has 184 valence electrons. The summed E-state index contributed by atoms with van der Waals surface area (Å²) in [5.41, 5.74) is -2.55. The van der Waals surface area contributed by atoms with Crippen molar-refractivity contribution in [1.29, 1.82) is 5.26 Å². The Labute approximate surface area is 201 Å². The van der Waals surface area contributed by atoms with Crippen LogP contribution >= 0.6 is 13.5 Å². The highest BCUT2D eigenvalue weighted by Crippen LogP contribution is 2.31. The highest BCUT2D eigenvalue weighted by Gasteiger charge is 2.34. The van der Waals surface area contributed by atoms with Crippen molar-refractivity contribution in [2.24, 2.45) is 5.92 Å². The number of nitriles is 1. The zero-order valence-electron chi connectivity index (χ0n) is 17.6. The number of nitrogens with one attached hydrogen (secondary N) is 1. The van der Waals surface area contributed by atoms with Gasteiger partial charge in [0.1, 0.15) is 17.1 Å². The van der Waals surface area contributed by atoms with Crippen molar-refractivity contribution in [3.8, 4) is 17.6 Å². The van der Waals surface area contributed by atoms with E-state index in [-0.39, 0.29) is 55.1 Å². The van der Waals surface area contributed by atoms with Crippen molar-refractivity contribution in [3.63, 3.8) is 0 Å². The molecule has 1 saturated heterocycles. The van der Waals surface area contributed by atoms with E-state index in [1.807, 2.05) is 0 Å². The molecular weight excluding hydrogens is 498 g/mol. The van der Waals surface area contributed by atoms with E-state index in [9.17, 15) is 26.3 Å². The maximum Gasteiger partial charge on any atom is 0.433 e. The first-order chi connectivity index (χ1) is 16.0. The summed E-state index contributed by atoms with van der Waals surface area (Å²) in [5.74, 6) is -0.671. The smallest absolute Gasteiger partial charge is 0.339 e. The average Bonchev–Trinajstić information content (AvgIpc) is 3.28. The molecular formula is C20H16F6N8S. The Morgan fingerprint density at radius 3 is 2.37 bits per heavy atom. The van der Waals surface area contributed by atoms with Gasteiger partial charge in [0.05, 0.1) is 12.0 Å². The molecule has 0 bridgehead atoms. The molecule has 3 aromatic rings. The van der Waals surface area contributed by atoms with Gasteiger partial charge in [-0.2, -0.15) is 60.1 Å². The van der Waals surface area contributed by atoms with Crippen LogP contribution in [0.1, 0.15) is 17.8 Å². The Kier molecular flexibility index (Phi) is 7.34. The molecule has 1 N–H and O–H groups in total. The highest BCUT2D eigenvalue weighted by atomic mass is 32.1. The maximum atomic E-state index is 13.1. The zero-order chi connectivity index (χ0) is 24.5. The zero-order valence-corrected chi connectivity index (χ0v) is 18.6. The fourth-order valence-electron chi connectivity index (χ4n) is 3.23. The van der Waals surface area contributed by atoms with Crippen LogP contribution in [0.4, 0.5) is 43.9 Å². The van der Waals surface area contributed by atoms with Crippen LogP contribution in [0.25, 0.3) is 11.5 Å². The van der Waals surface area contributed by atoms with E-state index in [0.29, 0.717) is 13.0 Å². The van der Waals surface area contributed by atoms with Crippen LogP contribution in [0.5, 0.6) is 0 Å². The van der Waals surface area contributed by atoms with Crippen LogP contribution in [0.15, 0.2) is 36.5 Å². The maximum absolute atomic E-state index is 13.1. The van der Waals surface area contributed by atoms with Crippen LogP contribution in [-0.2, 0) is 12.4 Å². The molecule has 0 aliphatic carbocycles. The number of alkyl halides is 6. The van der Waals surface area contributed by atoms with E-state index in [0.717, 1.165) is 24.4 Å². The molecule has 1 atom stereocenters. The lowest BCUT2D eigenvalue weighted by atomic mass is 10.1. The summed E-state index contributed by atoms with van der Waals surface area (Å²) in [4.78, 5) is 21.0. The second-order valence-electron chi connectivity index (χ2n) is 7.30. The number of aromatic nitrogens is 5. The van der Waals surface area contributed by atoms with Gasteiger partial charge >= 0.3 is 12.4 Å². The van der Waals surface area contributed by atoms with Crippen LogP contribution in [0.2, 0.25) is 0 Å². The Hall–Kier alpha value is -3.67. The lowest BCUT2D eigenvalue weighted by Gasteiger charge is -2.17. The van der Waals surface area contributed by atoms with Gasteiger partial charge in [0, 0.05) is 25.0 Å². The van der Waals surface area contributed by atoms with Crippen LogP contribution in [0, 0.1) is 17.2 Å². The minimum absolute atomic E-state index is 0. The largest absolute Gasteiger partial charge is 0.433 e. The van der Waals surface area contributed by atoms with E-state index in [4.69, 9.17) is 5.26 Å². The SMILES string of the molecule is N#C[C@H]1CCN(c2nc(Nc3ccnc(C(F)(F)F)c3)nc(-c3cccc(C(F)(F)F)n3)n2)C1.S. The van der Waals surface area contributed by atoms with Crippen molar-refractivity contribution in [2.45, 2.75) is 18.8 Å². The molecule has 1 aliphatic rings. The Morgan fingerprint density at radius 1 is 0.971 bits per heavy atom. The first-order valence-corrected chi connectivity index (χ1v) is 9.78. The van der Waals surface area contributed by atoms with Crippen molar-refractivity contribution in [1.82, 2.24) is 24.9 Å². The molecule has 0 radical (unpaired) electrons. The molecule has 15 heteroatoms. The molecule has 0 amide bonds. The number of nitrogens with zero attached hydrogens (tertiary/aromatic N) is 7. The third-order valence-corrected chi connectivity index (χ3v) is 4.85. The number of halogens is 6. The van der Waals surface area contributed by atoms with Crippen molar-refractivity contribution < 1.29 is 26.3 Å². The predicted molar refractivity (Wildman–Crippen MR) is 117 cm³/mol. The summed E-state index contributed by atoms with van der Waals surface area (Å²) < 4.78 is 78.4. The lowest BCUT2D eigenvalue weighted by molar-refractivity contribution is -0.141. The molecule has 8 nitrogen and oxygen atoms in total. The fourth-order valence-corrected chi connectivity index (χ4v) is 3.23. The fraction of sp³-hybridized carbons (Fsp3) is 0.300. The van der Waals surface area contributed by atoms with E-state index >= 15 is 0 Å². The number of hydrogen-bond donors (Lipinski definition) is 1. The predicted octanol–water partition coefficient (Wildman–Crippen LogP) is 4.57. The van der Waals surface area contributed by atoms with Gasteiger partial charge in [0.2, 0.25) is 11.9 Å². The molecule has 1 fully saturated rings. The molecule has 0 saturated carbocycles. The minimum atomic E-state index is -4.70. The Morgan fingerprint density at radius 2 is 1.71 bits per heavy atom. The first kappa shape index (κ1) is 25.9. The van der Waals surface area contributed by atoms with E-state index in [2.05, 4.69) is 36.3 Å². The highest BCUT2D eigenvalue weighted by molar-refractivity contribution is 7.59. The summed E-state index contributed by atoms with van der Waals surface area (Å²) in [6, 6.07) is 7.33. The monoisotopic (exact) mass is 514 g/mol. The molecule has 4 rings (SSSR count). The minimum Gasteiger partial charge on any atom is -0.339 e. The molecule has 0 unspecified atom stereocenters. The third kappa shape index (κ3) is 6.07. The Balaban J connectivity index is 0.00000342. The van der Waals surface area contributed by atoms with Gasteiger partial charge in [0.15, 0.2) is 5.82 Å². The molecule has 35 heavy (non-hydrogen) atoms. The molecule has 1 aliphatic heterocycles. The normalized spacial score (nSPS) is 15.9. The van der Waals surface area contributed by atoms with Gasteiger partial charge in [-0.25, -0.2) is 4.98 Å². The van der Waals surface area contributed by atoms with Gasteiger partial charge in [0.25, 0.3) is 0 Å². The number of hydrogen-bond acceptors (Lipinski definition) is 8. The second kappa shape index (κ2) is 9.90. The first-order valence-electron chi connectivity index (χ1n) is 9.78. The van der Waals surface area contributed by atoms with Crippen LogP contribution in [-0.4, -0.2) is 38.0 Å². The van der Waals surface area contributed by atoms with Crippen LogP contribution < -0.4 is 10.2 Å². The quantitative estimate of drug-likeness (QED) is 0.505. The van der Waals surface area contributed by atoms with Gasteiger partial charge < -0.3 is 10.2 Å². The van der Waals surface area contributed by atoms with Crippen molar-refractivity contribution >= 4 is 31.1 Å². The number of pyridine rings is 2. The molecule has 0 spiro atoms. The summed E-state index contributed by atoms with van der Waals surface area (Å²) in [7, 11) is 0. The summed E-state index contributed by atoms with van der Waals surface area (Å²) in [6.45, 7) is 0.688. The Bertz CT molecular complexity index is 1240. The second-order valence-corrected chi connectivity index (χ2v) is 7.30. The van der Waals surface area contributed by atoms with Gasteiger partial charge in [-0.1, -0.05) is 6.07 Å². The average molecular weight is 514 g/mol. The summed E-state index contributed by atoms with van der Waals surface area (Å²) in [6.07, 6.45) is -7.91. The van der Waals surface area contributed by atoms with E-state index in [1.54, 1.807) is 4.90 Å². The molecule has 0 aromatic carbocycles. The molecule has 3 aromatic heterocycles. The third-order valence-electron chi connectivity index (χ3n) is 4.85. The van der Waals surface area contributed by atoms with Crippen molar-refractivity contribution in [3.05, 3.63) is 47.9 Å².